The Bertz CT molecular complexity index is 454. The third kappa shape index (κ3) is 2.30. The first kappa shape index (κ1) is 10.1. The van der Waals surface area contributed by atoms with E-state index in [0.717, 1.165) is 21.2 Å². The van der Waals surface area contributed by atoms with Gasteiger partial charge < -0.3 is 5.73 Å². The molecule has 15 heavy (non-hydrogen) atoms. The molecule has 0 aliphatic carbocycles. The number of hydrogen-bond donors (Lipinski definition) is 1. The molecular formula is C12H12N2S. The number of nitrogens with zero attached hydrogens (tertiary/aromatic N) is 1. The van der Waals surface area contributed by atoms with Gasteiger partial charge in [-0.3, -0.25) is 0 Å². The van der Waals surface area contributed by atoms with E-state index >= 15 is 0 Å². The van der Waals surface area contributed by atoms with Crippen molar-refractivity contribution in [2.24, 2.45) is 0 Å². The minimum atomic E-state index is 0.770. The lowest BCUT2D eigenvalue weighted by molar-refractivity contribution is 1.12. The van der Waals surface area contributed by atoms with Crippen LogP contribution in [-0.4, -0.2) is 4.98 Å². The van der Waals surface area contributed by atoms with Gasteiger partial charge in [0.1, 0.15) is 5.03 Å². The first-order valence-electron chi connectivity index (χ1n) is 4.71. The molecule has 0 fully saturated rings. The Hall–Kier alpha value is -1.48. The van der Waals surface area contributed by atoms with Gasteiger partial charge in [-0.15, -0.1) is 0 Å². The zero-order valence-corrected chi connectivity index (χ0v) is 9.29. The van der Waals surface area contributed by atoms with Crippen molar-refractivity contribution in [3.8, 4) is 0 Å². The largest absolute Gasteiger partial charge is 0.396 e. The third-order valence-corrected chi connectivity index (χ3v) is 3.16. The molecule has 2 N–H and O–H groups in total. The van der Waals surface area contributed by atoms with Crippen LogP contribution >= 0.6 is 11.8 Å². The summed E-state index contributed by atoms with van der Waals surface area (Å²) in [6, 6.07) is 12.0. The molecule has 0 bridgehead atoms. The van der Waals surface area contributed by atoms with Crippen LogP contribution in [-0.2, 0) is 0 Å². The van der Waals surface area contributed by atoms with Gasteiger partial charge in [0.25, 0.3) is 0 Å². The van der Waals surface area contributed by atoms with Crippen LogP contribution in [0.15, 0.2) is 52.5 Å². The number of nitrogen functional groups attached to an aromatic ring is 1. The minimum absolute atomic E-state index is 0.770. The van der Waals surface area contributed by atoms with Crippen LogP contribution in [0.1, 0.15) is 5.56 Å². The summed E-state index contributed by atoms with van der Waals surface area (Å²) in [5.41, 5.74) is 7.79. The van der Waals surface area contributed by atoms with Gasteiger partial charge in [0, 0.05) is 11.1 Å². The second kappa shape index (κ2) is 4.36. The zero-order chi connectivity index (χ0) is 10.7. The number of hydrogen-bond acceptors (Lipinski definition) is 3. The molecule has 0 aliphatic heterocycles. The van der Waals surface area contributed by atoms with Crippen molar-refractivity contribution in [1.82, 2.24) is 4.98 Å². The molecule has 1 aromatic heterocycles. The number of rotatable bonds is 2. The monoisotopic (exact) mass is 216 g/mol. The maximum atomic E-state index is 5.95. The molecule has 76 valence electrons. The highest BCUT2D eigenvalue weighted by Crippen LogP contribution is 2.31. The second-order valence-electron chi connectivity index (χ2n) is 3.26. The number of benzene rings is 1. The van der Waals surface area contributed by atoms with Crippen molar-refractivity contribution in [2.75, 3.05) is 5.73 Å². The summed E-state index contributed by atoms with van der Waals surface area (Å²) >= 11 is 1.59. The lowest BCUT2D eigenvalue weighted by Gasteiger charge is -2.05. The van der Waals surface area contributed by atoms with Crippen molar-refractivity contribution in [3.63, 3.8) is 0 Å². The second-order valence-corrected chi connectivity index (χ2v) is 4.32. The van der Waals surface area contributed by atoms with Crippen molar-refractivity contribution in [2.45, 2.75) is 16.8 Å². The average Bonchev–Trinajstić information content (AvgIpc) is 2.26. The standard InChI is InChI=1S/C12H12N2S/c1-9-7-8-14-12(11(9)13)15-10-5-3-2-4-6-10/h2-8H,13H2,1H3. The quantitative estimate of drug-likeness (QED) is 0.838. The van der Waals surface area contributed by atoms with Crippen molar-refractivity contribution < 1.29 is 0 Å². The summed E-state index contributed by atoms with van der Waals surface area (Å²) in [5, 5.41) is 0.876. The molecule has 0 spiro atoms. The molecule has 2 aromatic rings. The van der Waals surface area contributed by atoms with Gasteiger partial charge in [-0.05, 0) is 30.7 Å². The van der Waals surface area contributed by atoms with E-state index in [1.165, 1.54) is 0 Å². The van der Waals surface area contributed by atoms with Crippen LogP contribution in [0.25, 0.3) is 0 Å². The number of aryl methyl sites for hydroxylation is 1. The van der Waals surface area contributed by atoms with Crippen LogP contribution in [0, 0.1) is 6.92 Å². The Morgan fingerprint density at radius 2 is 1.87 bits per heavy atom. The fraction of sp³-hybridized carbons (Fsp3) is 0.0833. The van der Waals surface area contributed by atoms with Crippen LogP contribution in [0.4, 0.5) is 5.69 Å². The molecule has 2 nitrogen and oxygen atoms in total. The smallest absolute Gasteiger partial charge is 0.124 e. The molecular weight excluding hydrogens is 204 g/mol. The van der Waals surface area contributed by atoms with E-state index in [1.54, 1.807) is 18.0 Å². The average molecular weight is 216 g/mol. The van der Waals surface area contributed by atoms with Crippen molar-refractivity contribution in [1.29, 1.82) is 0 Å². The number of aromatic nitrogens is 1. The van der Waals surface area contributed by atoms with Gasteiger partial charge in [-0.1, -0.05) is 30.0 Å². The maximum Gasteiger partial charge on any atom is 0.124 e. The minimum Gasteiger partial charge on any atom is -0.396 e. The molecule has 0 radical (unpaired) electrons. The number of pyridine rings is 1. The van der Waals surface area contributed by atoms with Gasteiger partial charge in [0.2, 0.25) is 0 Å². The Morgan fingerprint density at radius 1 is 1.13 bits per heavy atom. The van der Waals surface area contributed by atoms with E-state index in [-0.39, 0.29) is 0 Å². The Labute approximate surface area is 93.5 Å². The molecule has 3 heteroatoms. The molecule has 0 amide bonds. The van der Waals surface area contributed by atoms with Crippen LogP contribution in [0.3, 0.4) is 0 Å². The van der Waals surface area contributed by atoms with E-state index in [9.17, 15) is 0 Å². The van der Waals surface area contributed by atoms with E-state index in [1.807, 2.05) is 43.3 Å². The summed E-state index contributed by atoms with van der Waals surface area (Å²) in [4.78, 5) is 5.43. The fourth-order valence-electron chi connectivity index (χ4n) is 1.23. The van der Waals surface area contributed by atoms with Gasteiger partial charge in [-0.2, -0.15) is 0 Å². The van der Waals surface area contributed by atoms with Crippen LogP contribution in [0.5, 0.6) is 0 Å². The van der Waals surface area contributed by atoms with E-state index in [0.29, 0.717) is 0 Å². The van der Waals surface area contributed by atoms with Gasteiger partial charge in [0.15, 0.2) is 0 Å². The Kier molecular flexibility index (Phi) is 2.92. The van der Waals surface area contributed by atoms with Crippen molar-refractivity contribution >= 4 is 17.4 Å². The molecule has 0 aliphatic rings. The van der Waals surface area contributed by atoms with E-state index < -0.39 is 0 Å². The summed E-state index contributed by atoms with van der Waals surface area (Å²) in [5.74, 6) is 0. The molecule has 0 saturated carbocycles. The molecule has 1 heterocycles. The molecule has 0 saturated heterocycles. The highest BCUT2D eigenvalue weighted by atomic mass is 32.2. The van der Waals surface area contributed by atoms with Gasteiger partial charge >= 0.3 is 0 Å². The SMILES string of the molecule is Cc1ccnc(Sc2ccccc2)c1N. The highest BCUT2D eigenvalue weighted by molar-refractivity contribution is 7.99. The first-order valence-corrected chi connectivity index (χ1v) is 5.53. The lowest BCUT2D eigenvalue weighted by Crippen LogP contribution is -1.94. The lowest BCUT2D eigenvalue weighted by atomic mass is 10.3. The normalized spacial score (nSPS) is 10.2. The Morgan fingerprint density at radius 3 is 2.60 bits per heavy atom. The summed E-state index contributed by atoms with van der Waals surface area (Å²) in [6.07, 6.45) is 1.79. The first-order chi connectivity index (χ1) is 7.27. The highest BCUT2D eigenvalue weighted by Gasteiger charge is 2.04. The van der Waals surface area contributed by atoms with E-state index in [4.69, 9.17) is 5.73 Å². The summed E-state index contributed by atoms with van der Waals surface area (Å²) in [6.45, 7) is 1.99. The number of anilines is 1. The molecule has 2 rings (SSSR count). The topological polar surface area (TPSA) is 38.9 Å². The number of nitrogens with two attached hydrogens (primary N) is 1. The maximum absolute atomic E-state index is 5.95. The third-order valence-electron chi connectivity index (χ3n) is 2.13. The molecule has 0 unspecified atom stereocenters. The van der Waals surface area contributed by atoms with Gasteiger partial charge in [0.05, 0.1) is 5.69 Å². The predicted octanol–water partition coefficient (Wildman–Crippen LogP) is 3.12. The summed E-state index contributed by atoms with van der Waals surface area (Å²) in [7, 11) is 0. The fourth-order valence-corrected chi connectivity index (χ4v) is 2.13. The van der Waals surface area contributed by atoms with Crippen LogP contribution < -0.4 is 5.73 Å². The molecule has 1 aromatic carbocycles. The summed E-state index contributed by atoms with van der Waals surface area (Å²) < 4.78 is 0. The van der Waals surface area contributed by atoms with Crippen molar-refractivity contribution in [3.05, 3.63) is 48.2 Å². The Balaban J connectivity index is 2.29. The molecule has 0 atom stereocenters. The zero-order valence-electron chi connectivity index (χ0n) is 8.47. The predicted molar refractivity (Wildman–Crippen MR) is 64.0 cm³/mol. The van der Waals surface area contributed by atoms with Gasteiger partial charge in [-0.25, -0.2) is 4.98 Å². The van der Waals surface area contributed by atoms with Crippen LogP contribution in [0.2, 0.25) is 0 Å². The van der Waals surface area contributed by atoms with E-state index in [2.05, 4.69) is 4.98 Å².